The molecule has 0 aliphatic rings. The van der Waals surface area contributed by atoms with Crippen LogP contribution in [-0.4, -0.2) is 75.5 Å². The van der Waals surface area contributed by atoms with Crippen LogP contribution < -0.4 is 5.11 Å². The van der Waals surface area contributed by atoms with Crippen LogP contribution in [0.3, 0.4) is 0 Å². The Morgan fingerprint density at radius 1 is 0.455 bits per heavy atom. The fourth-order valence-electron chi connectivity index (χ4n) is 7.49. The highest BCUT2D eigenvalue weighted by molar-refractivity contribution is 5.70. The number of nitrogens with zero attached hydrogens (tertiary/aromatic N) is 1. The van der Waals surface area contributed by atoms with Crippen molar-refractivity contribution in [1.82, 2.24) is 0 Å². The highest BCUT2D eigenvalue weighted by Gasteiger charge is 2.25. The second-order valence-electron chi connectivity index (χ2n) is 18.7. The van der Waals surface area contributed by atoms with Gasteiger partial charge in [0.25, 0.3) is 0 Å². The van der Waals surface area contributed by atoms with E-state index in [2.05, 4.69) is 98.9 Å². The first-order chi connectivity index (χ1) is 32.1. The van der Waals surface area contributed by atoms with E-state index in [0.717, 1.165) is 96.3 Å². The predicted octanol–water partition coefficient (Wildman–Crippen LogP) is 14.3. The zero-order valence-electron chi connectivity index (χ0n) is 43.1. The normalized spacial score (nSPS) is 13.5. The third-order valence-corrected chi connectivity index (χ3v) is 11.5. The highest BCUT2D eigenvalue weighted by atomic mass is 16.6. The highest BCUT2D eigenvalue weighted by Crippen LogP contribution is 2.15. The summed E-state index contributed by atoms with van der Waals surface area (Å²) in [5.41, 5.74) is 0. The number of esters is 2. The van der Waals surface area contributed by atoms with Gasteiger partial charge < -0.3 is 28.6 Å². The molecule has 0 aromatic carbocycles. The van der Waals surface area contributed by atoms with Gasteiger partial charge in [-0.05, 0) is 83.5 Å². The van der Waals surface area contributed by atoms with Crippen LogP contribution >= 0.6 is 0 Å². The van der Waals surface area contributed by atoms with Crippen molar-refractivity contribution in [3.63, 3.8) is 0 Å². The summed E-state index contributed by atoms with van der Waals surface area (Å²) in [7, 11) is 5.41. The number of likely N-dealkylation sites (N-methyl/N-ethyl adjacent to an activating group) is 1. The Kier molecular flexibility index (Phi) is 45.4. The number of ether oxygens (including phenoxy) is 3. The topological polar surface area (TPSA) is 102 Å². The van der Waals surface area contributed by atoms with E-state index in [1.54, 1.807) is 21.1 Å². The Labute approximate surface area is 405 Å². The molecule has 0 aliphatic heterocycles. The first-order valence-corrected chi connectivity index (χ1v) is 26.6. The van der Waals surface area contributed by atoms with Crippen molar-refractivity contribution >= 4 is 17.9 Å². The van der Waals surface area contributed by atoms with Crippen LogP contribution in [0.5, 0.6) is 0 Å². The van der Waals surface area contributed by atoms with Crippen LogP contribution in [0.1, 0.15) is 213 Å². The van der Waals surface area contributed by atoms with Crippen molar-refractivity contribution in [3.8, 4) is 0 Å². The Balaban J connectivity index is 4.24. The van der Waals surface area contributed by atoms with Gasteiger partial charge in [0.2, 0.25) is 0 Å². The van der Waals surface area contributed by atoms with E-state index in [-0.39, 0.29) is 42.7 Å². The maximum absolute atomic E-state index is 12.8. The zero-order chi connectivity index (χ0) is 48.4. The molecule has 66 heavy (non-hydrogen) atoms. The average molecular weight is 922 g/mol. The van der Waals surface area contributed by atoms with E-state index in [0.29, 0.717) is 12.8 Å². The number of carboxylic acids is 1. The maximum Gasteiger partial charge on any atom is 0.306 e. The van der Waals surface area contributed by atoms with Gasteiger partial charge in [-0.2, -0.15) is 0 Å². The summed E-state index contributed by atoms with van der Waals surface area (Å²) in [5.74, 6) is -1.75. The van der Waals surface area contributed by atoms with Gasteiger partial charge in [0.05, 0.1) is 40.3 Å². The summed E-state index contributed by atoms with van der Waals surface area (Å²) in [6.07, 6.45) is 63.3. The lowest BCUT2D eigenvalue weighted by Crippen LogP contribution is -2.55. The summed E-state index contributed by atoms with van der Waals surface area (Å²) in [4.78, 5) is 37.1. The molecule has 2 atom stereocenters. The Hall–Kier alpha value is -3.49. The molecule has 0 aromatic heterocycles. The molecule has 0 saturated carbocycles. The van der Waals surface area contributed by atoms with Gasteiger partial charge in [-0.3, -0.25) is 9.59 Å². The minimum Gasteiger partial charge on any atom is -0.544 e. The van der Waals surface area contributed by atoms with Gasteiger partial charge in [0.1, 0.15) is 12.6 Å². The van der Waals surface area contributed by atoms with Crippen molar-refractivity contribution < 1.29 is 38.2 Å². The first kappa shape index (κ1) is 62.5. The molecule has 8 heteroatoms. The molecule has 0 saturated heterocycles. The molecule has 0 amide bonds. The van der Waals surface area contributed by atoms with Crippen molar-refractivity contribution in [2.45, 2.75) is 225 Å². The minimum absolute atomic E-state index is 0.0338. The SMILES string of the molecule is CC/C=C/C/C=C/C/C=C/C/C=C/CCCCCCCCCCCCC(=O)OC(COCCC(C(=O)[O-])[N+](C)(C)C)COC(=O)CCCCCCCCCCC/C=C/C/C=C/C/C=C/CC. The molecule has 378 valence electrons. The molecular weight excluding hydrogens is 823 g/mol. The van der Waals surface area contributed by atoms with Crippen LogP contribution in [-0.2, 0) is 28.6 Å². The number of rotatable bonds is 47. The smallest absolute Gasteiger partial charge is 0.306 e. The Bertz CT molecular complexity index is 1350. The third-order valence-electron chi connectivity index (χ3n) is 11.5. The minimum atomic E-state index is -1.13. The number of carboxylic acid groups (broad SMARTS) is 1. The number of unbranched alkanes of at least 4 members (excludes halogenated alkanes) is 19. The number of aliphatic carboxylic acids is 1. The number of allylic oxidation sites excluding steroid dienone is 14. The van der Waals surface area contributed by atoms with Crippen LogP contribution in [0.4, 0.5) is 0 Å². The second-order valence-corrected chi connectivity index (χ2v) is 18.7. The van der Waals surface area contributed by atoms with E-state index in [1.165, 1.54) is 83.5 Å². The molecule has 0 radical (unpaired) electrons. The molecule has 0 N–H and O–H groups in total. The molecule has 0 aliphatic carbocycles. The van der Waals surface area contributed by atoms with E-state index in [1.807, 2.05) is 0 Å². The molecule has 0 aromatic rings. The van der Waals surface area contributed by atoms with Crippen LogP contribution in [0.15, 0.2) is 85.1 Å². The van der Waals surface area contributed by atoms with E-state index >= 15 is 0 Å². The van der Waals surface area contributed by atoms with Crippen LogP contribution in [0.25, 0.3) is 0 Å². The summed E-state index contributed by atoms with van der Waals surface area (Å²) in [6.45, 7) is 4.44. The monoisotopic (exact) mass is 922 g/mol. The number of carbonyl (C=O) groups excluding carboxylic acids is 3. The maximum atomic E-state index is 12.8. The van der Waals surface area contributed by atoms with E-state index in [9.17, 15) is 19.5 Å². The zero-order valence-corrected chi connectivity index (χ0v) is 43.1. The molecule has 0 heterocycles. The number of carbonyl (C=O) groups is 3. The molecule has 0 spiro atoms. The largest absolute Gasteiger partial charge is 0.544 e. The summed E-state index contributed by atoms with van der Waals surface area (Å²) >= 11 is 0. The molecule has 0 rings (SSSR count). The first-order valence-electron chi connectivity index (χ1n) is 26.6. The lowest BCUT2D eigenvalue weighted by molar-refractivity contribution is -0.889. The van der Waals surface area contributed by atoms with Crippen molar-refractivity contribution in [1.29, 1.82) is 0 Å². The third kappa shape index (κ3) is 45.7. The van der Waals surface area contributed by atoms with Gasteiger partial charge in [-0.15, -0.1) is 0 Å². The number of hydrogen-bond acceptors (Lipinski definition) is 7. The Morgan fingerprint density at radius 3 is 1.18 bits per heavy atom. The average Bonchev–Trinajstić information content (AvgIpc) is 3.28. The van der Waals surface area contributed by atoms with E-state index in [4.69, 9.17) is 14.2 Å². The van der Waals surface area contributed by atoms with Gasteiger partial charge >= 0.3 is 11.9 Å². The van der Waals surface area contributed by atoms with Crippen LogP contribution in [0.2, 0.25) is 0 Å². The van der Waals surface area contributed by atoms with E-state index < -0.39 is 18.1 Å². The number of quaternary nitrogens is 1. The van der Waals surface area contributed by atoms with Gasteiger partial charge in [0.15, 0.2) is 6.10 Å². The van der Waals surface area contributed by atoms with Gasteiger partial charge in [-0.25, -0.2) is 0 Å². The van der Waals surface area contributed by atoms with Crippen molar-refractivity contribution in [2.24, 2.45) is 0 Å². The molecular formula is C58H99NO7. The molecule has 8 nitrogen and oxygen atoms in total. The fourth-order valence-corrected chi connectivity index (χ4v) is 7.49. The lowest BCUT2D eigenvalue weighted by atomic mass is 10.0. The van der Waals surface area contributed by atoms with Crippen molar-refractivity contribution in [2.75, 3.05) is 41.0 Å². The standard InChI is InChI=1S/C58H99NO7/c1-6-8-10-12-14-16-18-20-22-24-26-27-28-29-31-33-35-37-39-41-43-45-47-49-57(61)66-54(52-64-51-50-55(58(62)63)59(3,4)5)53-65-56(60)48-46-44-42-40-38-36-34-32-30-25-23-21-19-17-15-13-11-9-7-2/h8-11,14-17,20-23,26-27,54-55H,6-7,12-13,18-19,24-25,28-53H2,1-5H3/b10-8+,11-9+,16-14+,17-15+,22-20+,23-21+,27-26+. The predicted molar refractivity (Wildman–Crippen MR) is 277 cm³/mol. The summed E-state index contributed by atoms with van der Waals surface area (Å²) in [5, 5.41) is 11.7. The Morgan fingerprint density at radius 2 is 0.803 bits per heavy atom. The van der Waals surface area contributed by atoms with Gasteiger partial charge in [-0.1, -0.05) is 195 Å². The molecule has 2 unspecified atom stereocenters. The fraction of sp³-hybridized carbons (Fsp3) is 0.707. The summed E-state index contributed by atoms with van der Waals surface area (Å²) in [6, 6.07) is -0.732. The quantitative estimate of drug-likeness (QED) is 0.0259. The lowest BCUT2D eigenvalue weighted by Gasteiger charge is -2.34. The second kappa shape index (κ2) is 48.0. The van der Waals surface area contributed by atoms with Gasteiger partial charge in [0, 0.05) is 19.3 Å². The number of hydrogen-bond donors (Lipinski definition) is 0. The van der Waals surface area contributed by atoms with Crippen LogP contribution in [0, 0.1) is 0 Å². The summed E-state index contributed by atoms with van der Waals surface area (Å²) < 4.78 is 17.3. The van der Waals surface area contributed by atoms with Crippen molar-refractivity contribution in [3.05, 3.63) is 85.1 Å². The molecule has 0 bridgehead atoms. The molecule has 0 fully saturated rings.